The zero-order chi connectivity index (χ0) is 10.6. The second-order valence-corrected chi connectivity index (χ2v) is 2.77. The molecule has 0 fully saturated rings. The lowest BCUT2D eigenvalue weighted by Crippen LogP contribution is -2.09. The van der Waals surface area contributed by atoms with Crippen molar-refractivity contribution in [3.05, 3.63) is 23.8 Å². The van der Waals surface area contributed by atoms with Crippen LogP contribution in [-0.2, 0) is 4.74 Å². The fraction of sp³-hybridized carbons (Fsp3) is 0.333. The molecule has 0 amide bonds. The highest BCUT2D eigenvalue weighted by Gasteiger charge is 2.06. The first-order valence-electron chi connectivity index (χ1n) is 4.12. The molecule has 14 heavy (non-hydrogen) atoms. The van der Waals surface area contributed by atoms with Crippen LogP contribution < -0.4 is 11.1 Å². The van der Waals surface area contributed by atoms with Crippen LogP contribution in [0.1, 0.15) is 0 Å². The molecule has 0 saturated heterocycles. The van der Waals surface area contributed by atoms with E-state index >= 15 is 0 Å². The maximum atomic E-state index is 12.8. The van der Waals surface area contributed by atoms with Crippen molar-refractivity contribution in [1.82, 2.24) is 0 Å². The molecule has 1 rings (SSSR count). The van der Waals surface area contributed by atoms with Gasteiger partial charge in [0, 0.05) is 25.8 Å². The van der Waals surface area contributed by atoms with E-state index < -0.39 is 11.6 Å². The molecule has 1 aromatic carbocycles. The number of nitrogens with two attached hydrogens (primary N) is 1. The first-order valence-corrected chi connectivity index (χ1v) is 4.12. The minimum atomic E-state index is -0.945. The van der Waals surface area contributed by atoms with Gasteiger partial charge in [-0.05, 0) is 0 Å². The van der Waals surface area contributed by atoms with E-state index in [1.54, 1.807) is 7.11 Å². The van der Waals surface area contributed by atoms with E-state index in [1.807, 2.05) is 0 Å². The Morgan fingerprint density at radius 2 is 2.00 bits per heavy atom. The van der Waals surface area contributed by atoms with Crippen molar-refractivity contribution in [2.24, 2.45) is 0 Å². The molecule has 0 atom stereocenters. The van der Waals surface area contributed by atoms with Crippen LogP contribution in [0.25, 0.3) is 0 Å². The minimum absolute atomic E-state index is 0.181. The molecule has 5 heteroatoms. The number of hydrogen-bond donors (Lipinski definition) is 2. The molecular weight excluding hydrogens is 190 g/mol. The molecule has 1 aromatic rings. The maximum absolute atomic E-state index is 12.8. The van der Waals surface area contributed by atoms with Gasteiger partial charge in [-0.2, -0.15) is 0 Å². The summed E-state index contributed by atoms with van der Waals surface area (Å²) in [5.74, 6) is -1.86. The van der Waals surface area contributed by atoms with E-state index in [0.29, 0.717) is 18.8 Å². The fourth-order valence-electron chi connectivity index (χ4n) is 1.00. The smallest absolute Gasteiger partial charge is 0.161 e. The van der Waals surface area contributed by atoms with Crippen LogP contribution >= 0.6 is 0 Å². The van der Waals surface area contributed by atoms with Gasteiger partial charge < -0.3 is 15.8 Å². The van der Waals surface area contributed by atoms with Gasteiger partial charge in [-0.25, -0.2) is 8.78 Å². The zero-order valence-electron chi connectivity index (χ0n) is 7.81. The monoisotopic (exact) mass is 202 g/mol. The average molecular weight is 202 g/mol. The van der Waals surface area contributed by atoms with Crippen LogP contribution in [0.3, 0.4) is 0 Å². The lowest BCUT2D eigenvalue weighted by Gasteiger charge is -2.08. The Kier molecular flexibility index (Phi) is 3.64. The van der Waals surface area contributed by atoms with E-state index in [1.165, 1.54) is 0 Å². The summed E-state index contributed by atoms with van der Waals surface area (Å²) in [5, 5.41) is 2.83. The van der Waals surface area contributed by atoms with Crippen LogP contribution in [0.2, 0.25) is 0 Å². The van der Waals surface area contributed by atoms with Crippen LogP contribution in [0.4, 0.5) is 20.2 Å². The summed E-state index contributed by atoms with van der Waals surface area (Å²) in [7, 11) is 1.55. The molecule has 0 aliphatic rings. The van der Waals surface area contributed by atoms with E-state index in [4.69, 9.17) is 10.5 Å². The topological polar surface area (TPSA) is 47.3 Å². The Hall–Kier alpha value is -1.36. The first kappa shape index (κ1) is 10.7. The lowest BCUT2D eigenvalue weighted by atomic mass is 10.2. The second kappa shape index (κ2) is 4.76. The number of methoxy groups -OCH3 is 1. The Morgan fingerprint density at radius 3 is 2.64 bits per heavy atom. The summed E-state index contributed by atoms with van der Waals surface area (Å²) in [6.45, 7) is 0.963. The highest BCUT2D eigenvalue weighted by Crippen LogP contribution is 2.21. The van der Waals surface area contributed by atoms with Gasteiger partial charge in [0.2, 0.25) is 0 Å². The molecule has 0 spiro atoms. The number of benzene rings is 1. The number of nitrogens with one attached hydrogen (secondary N) is 1. The molecule has 0 aliphatic heterocycles. The standard InChI is InChI=1S/C9H12F2N2O/c1-14-3-2-13-9-5-7(11)6(10)4-8(9)12/h4-5,13H,2-3,12H2,1H3. The predicted octanol–water partition coefficient (Wildman–Crippen LogP) is 1.61. The van der Waals surface area contributed by atoms with Crippen molar-refractivity contribution < 1.29 is 13.5 Å². The Morgan fingerprint density at radius 1 is 1.36 bits per heavy atom. The zero-order valence-corrected chi connectivity index (χ0v) is 7.81. The molecule has 0 aliphatic carbocycles. The Bertz CT molecular complexity index is 318. The number of ether oxygens (including phenoxy) is 1. The van der Waals surface area contributed by atoms with Gasteiger partial charge >= 0.3 is 0 Å². The number of anilines is 2. The molecule has 78 valence electrons. The van der Waals surface area contributed by atoms with Gasteiger partial charge in [-0.1, -0.05) is 0 Å². The van der Waals surface area contributed by atoms with Crippen LogP contribution in [0, 0.1) is 11.6 Å². The van der Waals surface area contributed by atoms with Crippen LogP contribution in [0.15, 0.2) is 12.1 Å². The van der Waals surface area contributed by atoms with Gasteiger partial charge in [0.15, 0.2) is 11.6 Å². The molecule has 0 unspecified atom stereocenters. The van der Waals surface area contributed by atoms with E-state index in [-0.39, 0.29) is 5.69 Å². The molecule has 0 saturated carbocycles. The van der Waals surface area contributed by atoms with E-state index in [0.717, 1.165) is 12.1 Å². The van der Waals surface area contributed by atoms with Gasteiger partial charge in [0.25, 0.3) is 0 Å². The first-order chi connectivity index (χ1) is 6.65. The molecule has 0 heterocycles. The van der Waals surface area contributed by atoms with Crippen LogP contribution in [0.5, 0.6) is 0 Å². The molecule has 3 nitrogen and oxygen atoms in total. The third-order valence-corrected chi connectivity index (χ3v) is 1.71. The third kappa shape index (κ3) is 2.56. The summed E-state index contributed by atoms with van der Waals surface area (Å²) >= 11 is 0. The Balaban J connectivity index is 2.72. The molecule has 0 radical (unpaired) electrons. The second-order valence-electron chi connectivity index (χ2n) is 2.77. The van der Waals surface area contributed by atoms with Crippen molar-refractivity contribution in [3.63, 3.8) is 0 Å². The predicted molar refractivity (Wildman–Crippen MR) is 51.1 cm³/mol. The fourth-order valence-corrected chi connectivity index (χ4v) is 1.00. The van der Waals surface area contributed by atoms with Gasteiger partial charge in [-0.15, -0.1) is 0 Å². The third-order valence-electron chi connectivity index (χ3n) is 1.71. The maximum Gasteiger partial charge on any atom is 0.161 e. The summed E-state index contributed by atoms with van der Waals surface area (Å²) in [5.41, 5.74) is 6.02. The minimum Gasteiger partial charge on any atom is -0.397 e. The normalized spacial score (nSPS) is 10.2. The quantitative estimate of drug-likeness (QED) is 0.576. The molecule has 0 aromatic heterocycles. The molecule has 3 N–H and O–H groups in total. The summed E-state index contributed by atoms with van der Waals surface area (Å²) < 4.78 is 30.2. The van der Waals surface area contributed by atoms with Crippen molar-refractivity contribution in [2.45, 2.75) is 0 Å². The number of hydrogen-bond acceptors (Lipinski definition) is 3. The van der Waals surface area contributed by atoms with Crippen LogP contribution in [-0.4, -0.2) is 20.3 Å². The van der Waals surface area contributed by atoms with Crippen molar-refractivity contribution in [3.8, 4) is 0 Å². The summed E-state index contributed by atoms with van der Waals surface area (Å²) in [4.78, 5) is 0. The molecular formula is C9H12F2N2O. The van der Waals surface area contributed by atoms with Gasteiger partial charge in [0.05, 0.1) is 18.0 Å². The van der Waals surface area contributed by atoms with E-state index in [2.05, 4.69) is 5.32 Å². The van der Waals surface area contributed by atoms with E-state index in [9.17, 15) is 8.78 Å². The van der Waals surface area contributed by atoms with Crippen molar-refractivity contribution in [2.75, 3.05) is 31.3 Å². The number of halogens is 2. The SMILES string of the molecule is COCCNc1cc(F)c(F)cc1N. The number of rotatable bonds is 4. The largest absolute Gasteiger partial charge is 0.397 e. The van der Waals surface area contributed by atoms with Crippen molar-refractivity contribution >= 4 is 11.4 Å². The number of nitrogen functional groups attached to an aromatic ring is 1. The highest BCUT2D eigenvalue weighted by atomic mass is 19.2. The van der Waals surface area contributed by atoms with Gasteiger partial charge in [0.1, 0.15) is 0 Å². The molecule has 0 bridgehead atoms. The lowest BCUT2D eigenvalue weighted by molar-refractivity contribution is 0.211. The average Bonchev–Trinajstić information content (AvgIpc) is 2.14. The Labute approximate surface area is 80.9 Å². The van der Waals surface area contributed by atoms with Gasteiger partial charge in [-0.3, -0.25) is 0 Å². The summed E-state index contributed by atoms with van der Waals surface area (Å²) in [6, 6.07) is 1.98. The highest BCUT2D eigenvalue weighted by molar-refractivity contribution is 5.66. The summed E-state index contributed by atoms with van der Waals surface area (Å²) in [6.07, 6.45) is 0. The van der Waals surface area contributed by atoms with Crippen molar-refractivity contribution in [1.29, 1.82) is 0 Å².